The van der Waals surface area contributed by atoms with Crippen molar-refractivity contribution in [3.05, 3.63) is 129 Å². The average Bonchev–Trinajstić information content (AvgIpc) is 3.09. The summed E-state index contributed by atoms with van der Waals surface area (Å²) in [6.45, 7) is 24.8. The van der Waals surface area contributed by atoms with Crippen molar-refractivity contribution in [1.29, 1.82) is 0 Å². The molecule has 57 heavy (non-hydrogen) atoms. The molecule has 0 bridgehead atoms. The molecule has 0 nitrogen and oxygen atoms in total. The molecule has 3 aromatic carbocycles. The van der Waals surface area contributed by atoms with Crippen molar-refractivity contribution in [2.24, 2.45) is 29.6 Å². The van der Waals surface area contributed by atoms with Gasteiger partial charge >= 0.3 is 0 Å². The van der Waals surface area contributed by atoms with E-state index >= 15 is 0 Å². The summed E-state index contributed by atoms with van der Waals surface area (Å²) in [7, 11) is 0. The summed E-state index contributed by atoms with van der Waals surface area (Å²) in [5, 5.41) is 0. The summed E-state index contributed by atoms with van der Waals surface area (Å²) < 4.78 is 37.8. The highest BCUT2D eigenvalue weighted by Crippen LogP contribution is 2.27. The largest absolute Gasteiger partial charge is 0.207 e. The van der Waals surface area contributed by atoms with Crippen LogP contribution < -0.4 is 0 Å². The molecule has 3 atom stereocenters. The Hall–Kier alpha value is -3.07. The molecule has 3 unspecified atom stereocenters. The molecule has 3 heteroatoms. The summed E-state index contributed by atoms with van der Waals surface area (Å²) in [6.07, 6.45) is 19.7. The van der Waals surface area contributed by atoms with Gasteiger partial charge < -0.3 is 0 Å². The molecule has 1 fully saturated rings. The summed E-state index contributed by atoms with van der Waals surface area (Å²) >= 11 is 0. The minimum atomic E-state index is -0.475. The van der Waals surface area contributed by atoms with E-state index in [1.807, 2.05) is 13.0 Å². The predicted octanol–water partition coefficient (Wildman–Crippen LogP) is 19.3. The van der Waals surface area contributed by atoms with Crippen LogP contribution in [0.5, 0.6) is 0 Å². The Kier molecular flexibility index (Phi) is 41.6. The van der Waals surface area contributed by atoms with Crippen molar-refractivity contribution >= 4 is 0 Å². The standard InChI is InChI=1S/C8H8F2.C8H9F.C8H16.2C8H14.C8H10.6CH4/c1-5-3-7(9)6(2)8(10)4-5;1-6-3-4-7(2)8(9)5-6;4*1-7-3-5-8(2)6-4-7;;;;;;/h3-4H,1-2H3;3-5H,1-2H3;7-8H,3-6H2,1-2H3;3,8H,4-6H2,1-2H3;3,5,7-8H,4,6H2,1-2H3;3-6H,1-2H3;6*1H4. The van der Waals surface area contributed by atoms with Crippen LogP contribution in [0, 0.1) is 88.6 Å². The number of benzene rings is 3. The van der Waals surface area contributed by atoms with Crippen LogP contribution >= 0.6 is 0 Å². The molecule has 1 saturated carbocycles. The maximum atomic E-state index is 12.6. The van der Waals surface area contributed by atoms with Crippen molar-refractivity contribution in [1.82, 2.24) is 0 Å². The van der Waals surface area contributed by atoms with Gasteiger partial charge in [-0.3, -0.25) is 0 Å². The van der Waals surface area contributed by atoms with E-state index in [1.54, 1.807) is 25.5 Å². The maximum Gasteiger partial charge on any atom is 0.129 e. The van der Waals surface area contributed by atoms with E-state index in [0.29, 0.717) is 11.1 Å². The van der Waals surface area contributed by atoms with Gasteiger partial charge in [-0.05, 0) is 145 Å². The van der Waals surface area contributed by atoms with Crippen molar-refractivity contribution in [2.45, 2.75) is 185 Å². The van der Waals surface area contributed by atoms with Gasteiger partial charge in [0.25, 0.3) is 0 Å². The minimum Gasteiger partial charge on any atom is -0.207 e. The van der Waals surface area contributed by atoms with E-state index in [4.69, 9.17) is 0 Å². The minimum absolute atomic E-state index is 0. The zero-order valence-electron chi connectivity index (χ0n) is 34.3. The molecule has 0 aliphatic heterocycles. The van der Waals surface area contributed by atoms with Gasteiger partial charge in [0.2, 0.25) is 0 Å². The van der Waals surface area contributed by atoms with E-state index in [9.17, 15) is 13.2 Å². The normalized spacial score (nSPS) is 19.6. The molecule has 332 valence electrons. The fraction of sp³-hybridized carbons (Fsp3) is 0.593. The number of hydrogen-bond acceptors (Lipinski definition) is 0. The second-order valence-corrected chi connectivity index (χ2v) is 16.0. The number of halogens is 3. The first-order chi connectivity index (χ1) is 24.0. The fourth-order valence-corrected chi connectivity index (χ4v) is 5.73. The Morgan fingerprint density at radius 2 is 0.789 bits per heavy atom. The lowest BCUT2D eigenvalue weighted by atomic mass is 9.84. The molecular formula is C54H95F3. The second-order valence-electron chi connectivity index (χ2n) is 16.0. The highest BCUT2D eigenvalue weighted by atomic mass is 19.1. The maximum absolute atomic E-state index is 12.6. The van der Waals surface area contributed by atoms with Gasteiger partial charge in [-0.1, -0.05) is 176 Å². The molecule has 0 amide bonds. The van der Waals surface area contributed by atoms with Gasteiger partial charge in [0, 0.05) is 5.56 Å². The Balaban J connectivity index is -0.000000134. The monoisotopic (exact) mass is 801 g/mol. The van der Waals surface area contributed by atoms with Crippen LogP contribution in [-0.4, -0.2) is 0 Å². The van der Waals surface area contributed by atoms with Crippen LogP contribution in [0.15, 0.2) is 78.4 Å². The summed E-state index contributed by atoms with van der Waals surface area (Å²) in [5.41, 5.74) is 6.62. The van der Waals surface area contributed by atoms with Gasteiger partial charge in [-0.2, -0.15) is 0 Å². The highest BCUT2D eigenvalue weighted by Gasteiger charge is 2.13. The third-order valence-corrected chi connectivity index (χ3v) is 10.0. The smallest absolute Gasteiger partial charge is 0.129 e. The summed E-state index contributed by atoms with van der Waals surface area (Å²) in [6, 6.07) is 16.3. The van der Waals surface area contributed by atoms with Crippen molar-refractivity contribution in [3.8, 4) is 0 Å². The Morgan fingerprint density at radius 3 is 1.09 bits per heavy atom. The first-order valence-corrected chi connectivity index (χ1v) is 19.5. The molecule has 0 N–H and O–H groups in total. The molecule has 3 aromatic rings. The molecular weight excluding hydrogens is 706 g/mol. The first kappa shape index (κ1) is 65.8. The fourth-order valence-electron chi connectivity index (χ4n) is 5.73. The zero-order chi connectivity index (χ0) is 38.5. The third kappa shape index (κ3) is 31.6. The average molecular weight is 801 g/mol. The lowest BCUT2D eigenvalue weighted by Crippen LogP contribution is -2.08. The quantitative estimate of drug-likeness (QED) is 0.199. The molecule has 0 heterocycles. The highest BCUT2D eigenvalue weighted by molar-refractivity contribution is 5.24. The summed E-state index contributed by atoms with van der Waals surface area (Å²) in [4.78, 5) is 0. The third-order valence-electron chi connectivity index (χ3n) is 10.0. The van der Waals surface area contributed by atoms with E-state index in [0.717, 1.165) is 35.2 Å². The van der Waals surface area contributed by atoms with Gasteiger partial charge in [-0.15, -0.1) is 0 Å². The number of hydrogen-bond donors (Lipinski definition) is 0. The number of allylic oxidation sites excluding steroid dienone is 4. The Bertz CT molecular complexity index is 1370. The predicted molar refractivity (Wildman–Crippen MR) is 258 cm³/mol. The van der Waals surface area contributed by atoms with Gasteiger partial charge in [-0.25, -0.2) is 13.2 Å². The van der Waals surface area contributed by atoms with Crippen LogP contribution in [0.4, 0.5) is 13.2 Å². The van der Waals surface area contributed by atoms with E-state index in [1.165, 1.54) is 94.0 Å². The van der Waals surface area contributed by atoms with Crippen LogP contribution in [0.3, 0.4) is 0 Å². The van der Waals surface area contributed by atoms with Crippen molar-refractivity contribution < 1.29 is 13.2 Å². The molecule has 0 radical (unpaired) electrons. The van der Waals surface area contributed by atoms with E-state index in [2.05, 4.69) is 97.9 Å². The second kappa shape index (κ2) is 36.0. The van der Waals surface area contributed by atoms with E-state index < -0.39 is 11.6 Å². The zero-order valence-corrected chi connectivity index (χ0v) is 34.3. The van der Waals surface area contributed by atoms with Crippen LogP contribution in [0.2, 0.25) is 0 Å². The molecule has 0 saturated heterocycles. The Morgan fingerprint density at radius 1 is 0.421 bits per heavy atom. The molecule has 3 aliphatic carbocycles. The first-order valence-electron chi connectivity index (χ1n) is 19.5. The molecule has 6 rings (SSSR count). The topological polar surface area (TPSA) is 0 Å². The van der Waals surface area contributed by atoms with E-state index in [-0.39, 0.29) is 55.9 Å². The van der Waals surface area contributed by atoms with Gasteiger partial charge in [0.1, 0.15) is 17.5 Å². The van der Waals surface area contributed by atoms with Crippen LogP contribution in [-0.2, 0) is 0 Å². The van der Waals surface area contributed by atoms with Crippen molar-refractivity contribution in [2.75, 3.05) is 0 Å². The Labute approximate surface area is 356 Å². The van der Waals surface area contributed by atoms with Crippen molar-refractivity contribution in [3.63, 3.8) is 0 Å². The van der Waals surface area contributed by atoms with Crippen LogP contribution in [0.1, 0.15) is 177 Å². The lowest BCUT2D eigenvalue weighted by molar-refractivity contribution is 0.308. The molecule has 3 aliphatic rings. The number of aryl methyl sites for hydroxylation is 5. The van der Waals surface area contributed by atoms with Gasteiger partial charge in [0.05, 0.1) is 0 Å². The van der Waals surface area contributed by atoms with Gasteiger partial charge in [0.15, 0.2) is 0 Å². The molecule has 0 spiro atoms. The molecule has 0 aromatic heterocycles. The SMILES string of the molecule is C.C.C.C.C.C.CC1=CCC(C)CC1.CC1C=CC(C)CC1.CC1CCC(C)CC1.Cc1cc(F)c(C)c(F)c1.Cc1ccc(C)c(F)c1.Cc1ccc(C)cc1. The lowest BCUT2D eigenvalue weighted by Gasteiger charge is -2.22. The number of rotatable bonds is 0. The summed E-state index contributed by atoms with van der Waals surface area (Å²) in [5.74, 6) is 3.60. The van der Waals surface area contributed by atoms with Crippen LogP contribution in [0.25, 0.3) is 0 Å².